The van der Waals surface area contributed by atoms with Gasteiger partial charge in [0, 0.05) is 18.5 Å². The molecular weight excluding hydrogens is 474 g/mol. The highest BCUT2D eigenvalue weighted by Gasteiger charge is 2.46. The van der Waals surface area contributed by atoms with E-state index < -0.39 is 17.7 Å². The van der Waals surface area contributed by atoms with E-state index >= 15 is 0 Å². The van der Waals surface area contributed by atoms with Crippen molar-refractivity contribution >= 4 is 17.4 Å². The third kappa shape index (κ3) is 5.45. The number of aryl methyl sites for hydroxylation is 1. The molecule has 9 nitrogen and oxygen atoms in total. The zero-order valence-electron chi connectivity index (χ0n) is 21.3. The number of carbonyl (C=O) groups is 2. The van der Waals surface area contributed by atoms with Gasteiger partial charge in [-0.25, -0.2) is 4.57 Å². The largest absolute Gasteiger partial charge is 0.507 e. The maximum absolute atomic E-state index is 13.3. The number of ketones is 1. The van der Waals surface area contributed by atoms with Crippen LogP contribution in [0.25, 0.3) is 5.76 Å². The molecule has 3 aromatic rings. The van der Waals surface area contributed by atoms with E-state index in [1.165, 1.54) is 4.90 Å². The van der Waals surface area contributed by atoms with Crippen molar-refractivity contribution in [3.05, 3.63) is 77.9 Å². The molecule has 1 unspecified atom stereocenters. The number of hydrogen-bond donors (Lipinski definition) is 2. The third-order valence-electron chi connectivity index (χ3n) is 6.20. The number of nitrogens with one attached hydrogen (secondary N) is 1. The maximum Gasteiger partial charge on any atom is 0.295 e. The lowest BCUT2D eigenvalue weighted by Crippen LogP contribution is -2.36. The number of likely N-dealkylation sites (tertiary alicyclic amines) is 1. The van der Waals surface area contributed by atoms with Gasteiger partial charge in [-0.15, -0.1) is 0 Å². The molecule has 9 heteroatoms. The van der Waals surface area contributed by atoms with Crippen LogP contribution in [0.1, 0.15) is 37.4 Å². The van der Waals surface area contributed by atoms with E-state index in [4.69, 9.17) is 14.2 Å². The fourth-order valence-corrected chi connectivity index (χ4v) is 4.48. The van der Waals surface area contributed by atoms with E-state index in [9.17, 15) is 14.7 Å². The lowest BCUT2D eigenvalue weighted by molar-refractivity contribution is -0.695. The summed E-state index contributed by atoms with van der Waals surface area (Å²) < 4.78 is 18.7. The summed E-state index contributed by atoms with van der Waals surface area (Å²) in [5.74, 6) is 0.0956. The molecule has 1 fully saturated rings. The summed E-state index contributed by atoms with van der Waals surface area (Å²) in [5, 5.41) is 11.3. The van der Waals surface area contributed by atoms with Gasteiger partial charge in [0.2, 0.25) is 6.33 Å². The number of rotatable bonds is 11. The van der Waals surface area contributed by atoms with E-state index in [2.05, 4.69) is 4.98 Å². The molecular formula is C28H32N3O6+. The lowest BCUT2D eigenvalue weighted by atomic mass is 9.95. The number of nitrogens with zero attached hydrogens (tertiary/aromatic N) is 2. The third-order valence-corrected chi connectivity index (χ3v) is 6.20. The number of benzene rings is 2. The Morgan fingerprint density at radius 1 is 1.05 bits per heavy atom. The van der Waals surface area contributed by atoms with Crippen LogP contribution in [-0.2, 0) is 16.1 Å². The second-order valence-corrected chi connectivity index (χ2v) is 8.50. The average Bonchev–Trinajstić information content (AvgIpc) is 3.52. The lowest BCUT2D eigenvalue weighted by Gasteiger charge is -2.26. The number of amides is 1. The smallest absolute Gasteiger partial charge is 0.295 e. The Hall–Kier alpha value is -4.27. The first-order valence-electron chi connectivity index (χ1n) is 12.3. The van der Waals surface area contributed by atoms with Gasteiger partial charge in [-0.05, 0) is 55.8 Å². The normalized spacial score (nSPS) is 16.7. The second-order valence-electron chi connectivity index (χ2n) is 8.50. The number of aliphatic hydroxyl groups is 1. The molecule has 1 saturated heterocycles. The molecule has 1 aliphatic rings. The first-order valence-corrected chi connectivity index (χ1v) is 12.3. The summed E-state index contributed by atoms with van der Waals surface area (Å²) in [5.41, 5.74) is 1.11. The van der Waals surface area contributed by atoms with Gasteiger partial charge in [0.05, 0.1) is 38.5 Å². The van der Waals surface area contributed by atoms with Crippen LogP contribution >= 0.6 is 0 Å². The highest BCUT2D eigenvalue weighted by atomic mass is 16.5. The summed E-state index contributed by atoms with van der Waals surface area (Å²) >= 11 is 0. The Morgan fingerprint density at radius 3 is 2.43 bits per heavy atom. The molecule has 194 valence electrons. The number of carbonyl (C=O) groups excluding carboxylic acids is 2. The Morgan fingerprint density at radius 2 is 1.78 bits per heavy atom. The second kappa shape index (κ2) is 11.6. The molecule has 0 saturated carbocycles. The minimum atomic E-state index is -0.784. The summed E-state index contributed by atoms with van der Waals surface area (Å²) in [6.45, 7) is 5.62. The maximum atomic E-state index is 13.3. The molecule has 1 aliphatic heterocycles. The summed E-state index contributed by atoms with van der Waals surface area (Å²) in [7, 11) is 1.55. The number of Topliss-reactive ketones (excluding diaryl/α,β-unsaturated/α-hetero) is 1. The quantitative estimate of drug-likeness (QED) is 0.178. The number of H-pyrrole nitrogens is 1. The fourth-order valence-electron chi connectivity index (χ4n) is 4.48. The van der Waals surface area contributed by atoms with Crippen LogP contribution in [0.4, 0.5) is 0 Å². The Kier molecular flexibility index (Phi) is 8.12. The molecule has 4 rings (SSSR count). The van der Waals surface area contributed by atoms with Crippen LogP contribution in [0.15, 0.2) is 66.8 Å². The van der Waals surface area contributed by atoms with Crippen LogP contribution < -0.4 is 18.8 Å². The topological polar surface area (TPSA) is 105 Å². The van der Waals surface area contributed by atoms with Crippen LogP contribution in [0, 0.1) is 0 Å². The fraction of sp³-hybridized carbons (Fsp3) is 0.321. The van der Waals surface area contributed by atoms with E-state index in [-0.39, 0.29) is 11.3 Å². The molecule has 0 radical (unpaired) electrons. The Bertz CT molecular complexity index is 1270. The number of imidazole rings is 1. The number of aromatic nitrogens is 2. The molecule has 2 N–H and O–H groups in total. The zero-order chi connectivity index (χ0) is 26.4. The summed E-state index contributed by atoms with van der Waals surface area (Å²) in [4.78, 5) is 31.1. The molecule has 2 heterocycles. The molecule has 0 spiro atoms. The van der Waals surface area contributed by atoms with Crippen molar-refractivity contribution in [1.82, 2.24) is 9.88 Å². The number of methoxy groups -OCH3 is 1. The monoisotopic (exact) mass is 506 g/mol. The van der Waals surface area contributed by atoms with Gasteiger partial charge in [0.1, 0.15) is 23.9 Å². The van der Waals surface area contributed by atoms with E-state index in [1.54, 1.807) is 49.6 Å². The van der Waals surface area contributed by atoms with E-state index in [1.807, 2.05) is 37.1 Å². The van der Waals surface area contributed by atoms with E-state index in [0.29, 0.717) is 61.1 Å². The SMILES string of the molecule is CCOc1ccc(C2C(=C(O)c3ccc(OC)cc3)C(=O)C(=O)N2CCC[n+]2cc[nH]c2)cc1OCC. The van der Waals surface area contributed by atoms with Crippen LogP contribution in [0.5, 0.6) is 17.2 Å². The van der Waals surface area contributed by atoms with Gasteiger partial charge in [0.25, 0.3) is 11.7 Å². The van der Waals surface area contributed by atoms with Gasteiger partial charge in [-0.2, -0.15) is 0 Å². The van der Waals surface area contributed by atoms with Gasteiger partial charge >= 0.3 is 0 Å². The first-order chi connectivity index (χ1) is 18.0. The summed E-state index contributed by atoms with van der Waals surface area (Å²) in [6, 6.07) is 11.3. The van der Waals surface area contributed by atoms with Crippen molar-refractivity contribution in [3.63, 3.8) is 0 Å². The predicted octanol–water partition coefficient (Wildman–Crippen LogP) is 3.62. The molecule has 0 aliphatic carbocycles. The number of ether oxygens (including phenoxy) is 3. The number of aliphatic hydroxyl groups excluding tert-OH is 1. The highest BCUT2D eigenvalue weighted by molar-refractivity contribution is 6.46. The molecule has 2 aromatic carbocycles. The number of hydrogen-bond acceptors (Lipinski definition) is 6. The van der Waals surface area contributed by atoms with Gasteiger partial charge in [-0.1, -0.05) is 6.07 Å². The molecule has 1 atom stereocenters. The summed E-state index contributed by atoms with van der Waals surface area (Å²) in [6.07, 6.45) is 6.16. The molecule has 1 amide bonds. The van der Waals surface area contributed by atoms with Crippen molar-refractivity contribution in [2.75, 3.05) is 26.9 Å². The molecule has 37 heavy (non-hydrogen) atoms. The highest BCUT2D eigenvalue weighted by Crippen LogP contribution is 2.42. The predicted molar refractivity (Wildman–Crippen MR) is 136 cm³/mol. The van der Waals surface area contributed by atoms with Crippen molar-refractivity contribution in [2.24, 2.45) is 0 Å². The van der Waals surface area contributed by atoms with Crippen molar-refractivity contribution in [3.8, 4) is 17.2 Å². The number of aromatic amines is 1. The van der Waals surface area contributed by atoms with Gasteiger partial charge in [0.15, 0.2) is 11.5 Å². The minimum Gasteiger partial charge on any atom is -0.507 e. The van der Waals surface area contributed by atoms with Gasteiger partial charge in [-0.3, -0.25) is 14.6 Å². The van der Waals surface area contributed by atoms with Crippen molar-refractivity contribution in [1.29, 1.82) is 0 Å². The Labute approximate surface area is 215 Å². The van der Waals surface area contributed by atoms with Gasteiger partial charge < -0.3 is 24.2 Å². The minimum absolute atomic E-state index is 0.0380. The van der Waals surface area contributed by atoms with Crippen LogP contribution in [-0.4, -0.2) is 53.5 Å². The van der Waals surface area contributed by atoms with Crippen molar-refractivity contribution in [2.45, 2.75) is 32.9 Å². The zero-order valence-corrected chi connectivity index (χ0v) is 21.3. The van der Waals surface area contributed by atoms with Crippen molar-refractivity contribution < 1.29 is 33.5 Å². The standard InChI is InChI=1S/C28H31N3O6/c1-4-36-22-12-9-20(17-23(22)37-5-2)25-24(26(32)19-7-10-21(35-3)11-8-19)27(33)28(34)31(25)15-6-14-30-16-13-29-18-30/h7-13,16-18,25H,4-6,14-15H2,1-3H3,(H,32,33)/p+1. The molecule has 0 bridgehead atoms. The first kappa shape index (κ1) is 25.8. The Balaban J connectivity index is 1.77. The molecule has 1 aromatic heterocycles. The average molecular weight is 507 g/mol. The van der Waals surface area contributed by atoms with Crippen LogP contribution in [0.2, 0.25) is 0 Å². The van der Waals surface area contributed by atoms with E-state index in [0.717, 1.165) is 0 Å². The van der Waals surface area contributed by atoms with Crippen LogP contribution in [0.3, 0.4) is 0 Å².